The van der Waals surface area contributed by atoms with E-state index in [1.165, 1.54) is 16.9 Å². The molecule has 0 saturated carbocycles. The number of benzene rings is 1. The fourth-order valence-corrected chi connectivity index (χ4v) is 5.49. The zero-order valence-corrected chi connectivity index (χ0v) is 15.6. The molecule has 6 heteroatoms. The molecule has 130 valence electrons. The molecule has 1 saturated heterocycles. The van der Waals surface area contributed by atoms with Crippen molar-refractivity contribution >= 4 is 21.4 Å². The Morgan fingerprint density at radius 3 is 2.46 bits per heavy atom. The maximum Gasteiger partial charge on any atom is 0.250 e. The van der Waals surface area contributed by atoms with Crippen LogP contribution in [0.2, 0.25) is 0 Å². The molecular formula is C18H24N2O2S2. The van der Waals surface area contributed by atoms with E-state index in [9.17, 15) is 8.42 Å². The summed E-state index contributed by atoms with van der Waals surface area (Å²) in [5.74, 6) is 0.424. The van der Waals surface area contributed by atoms with E-state index in [2.05, 4.69) is 33.9 Å². The van der Waals surface area contributed by atoms with Crippen LogP contribution in [0.15, 0.2) is 46.7 Å². The van der Waals surface area contributed by atoms with E-state index in [-0.39, 0.29) is 0 Å². The molecule has 1 N–H and O–H groups in total. The molecule has 0 radical (unpaired) electrons. The van der Waals surface area contributed by atoms with Crippen molar-refractivity contribution in [2.75, 3.05) is 19.6 Å². The second-order valence-corrected chi connectivity index (χ2v) is 9.70. The van der Waals surface area contributed by atoms with Crippen LogP contribution in [-0.2, 0) is 16.6 Å². The van der Waals surface area contributed by atoms with Crippen LogP contribution in [0.25, 0.3) is 0 Å². The second kappa shape index (κ2) is 7.78. The lowest BCUT2D eigenvalue weighted by atomic mass is 9.97. The van der Waals surface area contributed by atoms with Gasteiger partial charge in [0.05, 0.1) is 0 Å². The molecule has 1 aromatic heterocycles. The minimum Gasteiger partial charge on any atom is -0.299 e. The Kier molecular flexibility index (Phi) is 5.71. The largest absolute Gasteiger partial charge is 0.299 e. The van der Waals surface area contributed by atoms with Gasteiger partial charge in [0.15, 0.2) is 0 Å². The van der Waals surface area contributed by atoms with E-state index >= 15 is 0 Å². The number of thiophene rings is 1. The molecule has 1 fully saturated rings. The van der Waals surface area contributed by atoms with Crippen LogP contribution in [0.1, 0.15) is 23.3 Å². The molecule has 2 heterocycles. The molecule has 0 amide bonds. The van der Waals surface area contributed by atoms with Gasteiger partial charge in [-0.05, 0) is 56.5 Å². The van der Waals surface area contributed by atoms with Crippen molar-refractivity contribution in [1.29, 1.82) is 0 Å². The van der Waals surface area contributed by atoms with Crippen LogP contribution in [0.4, 0.5) is 0 Å². The van der Waals surface area contributed by atoms with Crippen molar-refractivity contribution in [3.63, 3.8) is 0 Å². The summed E-state index contributed by atoms with van der Waals surface area (Å²) in [4.78, 5) is 3.47. The molecule has 0 unspecified atom stereocenters. The third-order valence-corrected chi connectivity index (χ3v) is 7.41. The number of likely N-dealkylation sites (tertiary alicyclic amines) is 1. The molecule has 2 aromatic rings. The molecule has 24 heavy (non-hydrogen) atoms. The van der Waals surface area contributed by atoms with E-state index in [0.717, 1.165) is 37.4 Å². The smallest absolute Gasteiger partial charge is 0.250 e. The van der Waals surface area contributed by atoms with Gasteiger partial charge in [-0.25, -0.2) is 13.1 Å². The summed E-state index contributed by atoms with van der Waals surface area (Å²) in [6, 6.07) is 14.0. The number of rotatable bonds is 6. The maximum atomic E-state index is 12.3. The topological polar surface area (TPSA) is 49.4 Å². The average molecular weight is 365 g/mol. The highest BCUT2D eigenvalue weighted by atomic mass is 32.2. The van der Waals surface area contributed by atoms with Crippen molar-refractivity contribution in [3.05, 3.63) is 52.9 Å². The van der Waals surface area contributed by atoms with Crippen molar-refractivity contribution < 1.29 is 8.42 Å². The highest BCUT2D eigenvalue weighted by Crippen LogP contribution is 2.22. The first-order valence-corrected chi connectivity index (χ1v) is 10.7. The van der Waals surface area contributed by atoms with Crippen LogP contribution in [-0.4, -0.2) is 33.0 Å². The van der Waals surface area contributed by atoms with E-state index in [1.54, 1.807) is 6.07 Å². The lowest BCUT2D eigenvalue weighted by Gasteiger charge is -2.32. The maximum absolute atomic E-state index is 12.3. The predicted molar refractivity (Wildman–Crippen MR) is 98.7 cm³/mol. The average Bonchev–Trinajstić information content (AvgIpc) is 3.03. The van der Waals surface area contributed by atoms with Crippen LogP contribution in [0, 0.1) is 12.8 Å². The summed E-state index contributed by atoms with van der Waals surface area (Å²) in [5.41, 5.74) is 1.34. The fourth-order valence-electron chi connectivity index (χ4n) is 3.05. The molecule has 0 atom stereocenters. The quantitative estimate of drug-likeness (QED) is 0.856. The normalized spacial score (nSPS) is 17.2. The molecule has 3 rings (SSSR count). The van der Waals surface area contributed by atoms with Crippen LogP contribution >= 0.6 is 11.3 Å². The lowest BCUT2D eigenvalue weighted by molar-refractivity contribution is 0.178. The number of piperidine rings is 1. The third kappa shape index (κ3) is 4.66. The standard InChI is InChI=1S/C18H24N2O2S2/c1-15-7-8-18(23-15)24(21,22)19-13-16-9-11-20(12-10-16)14-17-5-3-2-4-6-17/h2-8,16,19H,9-14H2,1H3. The van der Waals surface area contributed by atoms with Gasteiger partial charge in [0.1, 0.15) is 4.21 Å². The fraction of sp³-hybridized carbons (Fsp3) is 0.444. The van der Waals surface area contributed by atoms with Gasteiger partial charge in [-0.1, -0.05) is 30.3 Å². The highest BCUT2D eigenvalue weighted by Gasteiger charge is 2.22. The highest BCUT2D eigenvalue weighted by molar-refractivity contribution is 7.91. The minimum atomic E-state index is -3.35. The van der Waals surface area contributed by atoms with E-state index < -0.39 is 10.0 Å². The molecule has 1 aliphatic rings. The molecule has 0 aliphatic carbocycles. The third-order valence-electron chi connectivity index (χ3n) is 4.50. The lowest BCUT2D eigenvalue weighted by Crippen LogP contribution is -2.38. The molecular weight excluding hydrogens is 340 g/mol. The first-order chi connectivity index (χ1) is 11.5. The van der Waals surface area contributed by atoms with Crippen LogP contribution in [0.5, 0.6) is 0 Å². The monoisotopic (exact) mass is 364 g/mol. The Hall–Kier alpha value is -1.21. The molecule has 1 aromatic carbocycles. The summed E-state index contributed by atoms with van der Waals surface area (Å²) in [6.45, 7) is 5.50. The Morgan fingerprint density at radius 2 is 1.83 bits per heavy atom. The van der Waals surface area contributed by atoms with Crippen molar-refractivity contribution in [2.24, 2.45) is 5.92 Å². The Labute approximate surface area is 148 Å². The van der Waals surface area contributed by atoms with Gasteiger partial charge in [0, 0.05) is 18.0 Å². The Balaban J connectivity index is 1.46. The van der Waals surface area contributed by atoms with Crippen molar-refractivity contribution in [2.45, 2.75) is 30.5 Å². The number of sulfonamides is 1. The van der Waals surface area contributed by atoms with Gasteiger partial charge >= 0.3 is 0 Å². The Morgan fingerprint density at radius 1 is 1.12 bits per heavy atom. The zero-order chi connectivity index (χ0) is 17.0. The van der Waals surface area contributed by atoms with Crippen molar-refractivity contribution in [3.8, 4) is 0 Å². The summed E-state index contributed by atoms with van der Waals surface area (Å²) in [6.07, 6.45) is 2.08. The predicted octanol–water partition coefficient (Wildman–Crippen LogP) is 3.25. The molecule has 0 spiro atoms. The van der Waals surface area contributed by atoms with E-state index in [4.69, 9.17) is 0 Å². The van der Waals surface area contributed by atoms with Gasteiger partial charge in [-0.15, -0.1) is 11.3 Å². The first-order valence-electron chi connectivity index (χ1n) is 8.35. The van der Waals surface area contributed by atoms with Crippen LogP contribution < -0.4 is 4.72 Å². The van der Waals surface area contributed by atoms with Crippen molar-refractivity contribution in [1.82, 2.24) is 9.62 Å². The summed E-state index contributed by atoms with van der Waals surface area (Å²) >= 11 is 1.32. The Bertz CT molecular complexity index is 748. The zero-order valence-electron chi connectivity index (χ0n) is 13.9. The molecule has 4 nitrogen and oxygen atoms in total. The number of nitrogens with one attached hydrogen (secondary N) is 1. The molecule has 0 bridgehead atoms. The number of hydrogen-bond acceptors (Lipinski definition) is 4. The summed E-state index contributed by atoms with van der Waals surface area (Å²) in [7, 11) is -3.35. The van der Waals surface area contributed by atoms with E-state index in [0.29, 0.717) is 16.7 Å². The second-order valence-electron chi connectivity index (χ2n) is 6.42. The van der Waals surface area contributed by atoms with Gasteiger partial charge in [-0.2, -0.15) is 0 Å². The van der Waals surface area contributed by atoms with Gasteiger partial charge in [-0.3, -0.25) is 4.90 Å². The first kappa shape index (κ1) is 17.6. The van der Waals surface area contributed by atoms with Gasteiger partial charge in [0.2, 0.25) is 10.0 Å². The number of aryl methyl sites for hydroxylation is 1. The summed E-state index contributed by atoms with van der Waals surface area (Å²) < 4.78 is 27.8. The van der Waals surface area contributed by atoms with Gasteiger partial charge < -0.3 is 0 Å². The number of hydrogen-bond donors (Lipinski definition) is 1. The SMILES string of the molecule is Cc1ccc(S(=O)(=O)NCC2CCN(Cc3ccccc3)CC2)s1. The summed E-state index contributed by atoms with van der Waals surface area (Å²) in [5, 5.41) is 0. The number of nitrogens with zero attached hydrogens (tertiary/aromatic N) is 1. The van der Waals surface area contributed by atoms with Crippen LogP contribution in [0.3, 0.4) is 0 Å². The molecule has 1 aliphatic heterocycles. The van der Waals surface area contributed by atoms with Gasteiger partial charge in [0.25, 0.3) is 0 Å². The van der Waals surface area contributed by atoms with E-state index in [1.807, 2.05) is 19.1 Å². The minimum absolute atomic E-state index is 0.418.